The van der Waals surface area contributed by atoms with E-state index in [9.17, 15) is 0 Å². The second-order valence-electron chi connectivity index (χ2n) is 16.7. The smallest absolute Gasteiger partial charge is 0.260 e. The van der Waals surface area contributed by atoms with Crippen LogP contribution in [0.25, 0.3) is 22.3 Å². The molecule has 288 valence electrons. The van der Waals surface area contributed by atoms with Gasteiger partial charge in [0.1, 0.15) is 46.0 Å². The summed E-state index contributed by atoms with van der Waals surface area (Å²) in [4.78, 5) is 0. The molecule has 0 fully saturated rings. The zero-order valence-corrected chi connectivity index (χ0v) is 34.1. The Morgan fingerprint density at radius 3 is 1.17 bits per heavy atom. The standard InChI is InChI=1S/2C27H21BO2/c1-17(2)18-10-12-19(13-11-18)20-14-15-24-22(16-20)28-21-6-3-4-7-23(21)29-25-8-5-9-26(30-24)27(25)28;1-17(2)18-10-12-19(13-11-18)20-14-15-22-26(16-20)30-25-9-5-8-24-27(25)28(22)21-6-3-4-7-23(21)29-24/h2*3-17H,1-2H3. The number of hydrogen-bond donors (Lipinski definition) is 0. The monoisotopic (exact) mass is 776 g/mol. The highest BCUT2D eigenvalue weighted by Crippen LogP contribution is 2.37. The van der Waals surface area contributed by atoms with Crippen LogP contribution in [0.3, 0.4) is 0 Å². The molecule has 60 heavy (non-hydrogen) atoms. The van der Waals surface area contributed by atoms with Crippen molar-refractivity contribution < 1.29 is 18.9 Å². The van der Waals surface area contributed by atoms with Gasteiger partial charge in [-0.05, 0) is 116 Å². The maximum absolute atomic E-state index is 6.38. The van der Waals surface area contributed by atoms with Crippen molar-refractivity contribution in [2.24, 2.45) is 0 Å². The summed E-state index contributed by atoms with van der Waals surface area (Å²) >= 11 is 0. The van der Waals surface area contributed by atoms with Gasteiger partial charge in [0, 0.05) is 10.9 Å². The van der Waals surface area contributed by atoms with Gasteiger partial charge in [-0.2, -0.15) is 0 Å². The van der Waals surface area contributed by atoms with Gasteiger partial charge in [-0.3, -0.25) is 0 Å². The maximum atomic E-state index is 6.38. The second-order valence-corrected chi connectivity index (χ2v) is 16.7. The van der Waals surface area contributed by atoms with Crippen molar-refractivity contribution in [1.82, 2.24) is 0 Å². The lowest BCUT2D eigenvalue weighted by molar-refractivity contribution is 0.464. The third-order valence-electron chi connectivity index (χ3n) is 12.4. The topological polar surface area (TPSA) is 36.9 Å². The van der Waals surface area contributed by atoms with E-state index in [0.717, 1.165) is 56.9 Å². The van der Waals surface area contributed by atoms with Crippen molar-refractivity contribution in [1.29, 1.82) is 0 Å². The molecule has 4 aliphatic rings. The summed E-state index contributed by atoms with van der Waals surface area (Å²) in [6.07, 6.45) is 0. The van der Waals surface area contributed by atoms with E-state index in [1.54, 1.807) is 0 Å². The summed E-state index contributed by atoms with van der Waals surface area (Å²) in [6.45, 7) is 9.13. The number of ether oxygens (including phenoxy) is 4. The number of rotatable bonds is 4. The first-order valence-corrected chi connectivity index (χ1v) is 21.0. The Labute approximate surface area is 352 Å². The zero-order valence-electron chi connectivity index (χ0n) is 34.1. The highest BCUT2D eigenvalue weighted by atomic mass is 16.5. The summed E-state index contributed by atoms with van der Waals surface area (Å²) in [5, 5.41) is 0. The van der Waals surface area contributed by atoms with Crippen LogP contribution in [0.15, 0.2) is 170 Å². The van der Waals surface area contributed by atoms with Crippen LogP contribution in [0.5, 0.6) is 46.0 Å². The molecule has 8 aromatic rings. The third-order valence-corrected chi connectivity index (χ3v) is 12.4. The molecule has 0 amide bonds. The minimum absolute atomic E-state index is 0.111. The predicted molar refractivity (Wildman–Crippen MR) is 247 cm³/mol. The highest BCUT2D eigenvalue weighted by Gasteiger charge is 2.41. The Morgan fingerprint density at radius 2 is 0.667 bits per heavy atom. The fourth-order valence-corrected chi connectivity index (χ4v) is 9.24. The van der Waals surface area contributed by atoms with Crippen LogP contribution in [0.4, 0.5) is 0 Å². The Kier molecular flexibility index (Phi) is 8.70. The van der Waals surface area contributed by atoms with Crippen molar-refractivity contribution in [3.63, 3.8) is 0 Å². The first-order valence-electron chi connectivity index (χ1n) is 21.0. The normalized spacial score (nSPS) is 13.1. The molecule has 0 aromatic heterocycles. The largest absolute Gasteiger partial charge is 0.458 e. The van der Waals surface area contributed by atoms with Gasteiger partial charge in [-0.1, -0.05) is 149 Å². The molecular weight excluding hydrogens is 734 g/mol. The molecule has 0 bridgehead atoms. The van der Waals surface area contributed by atoms with E-state index in [-0.39, 0.29) is 13.4 Å². The molecule has 0 aliphatic carbocycles. The number of hydrogen-bond acceptors (Lipinski definition) is 4. The van der Waals surface area contributed by atoms with E-state index in [1.165, 1.54) is 55.2 Å². The summed E-state index contributed by atoms with van der Waals surface area (Å²) in [7, 11) is 0. The van der Waals surface area contributed by atoms with Gasteiger partial charge in [0.25, 0.3) is 13.4 Å². The van der Waals surface area contributed by atoms with Crippen LogP contribution < -0.4 is 51.7 Å². The molecule has 4 nitrogen and oxygen atoms in total. The minimum atomic E-state index is 0.111. The average Bonchev–Trinajstić information content (AvgIpc) is 3.29. The predicted octanol–water partition coefficient (Wildman–Crippen LogP) is 10.4. The number of benzene rings is 8. The molecule has 0 N–H and O–H groups in total. The molecule has 0 saturated heterocycles. The lowest BCUT2D eigenvalue weighted by Gasteiger charge is -2.33. The van der Waals surface area contributed by atoms with Crippen molar-refractivity contribution in [2.45, 2.75) is 39.5 Å². The van der Waals surface area contributed by atoms with Gasteiger partial charge in [-0.25, -0.2) is 0 Å². The molecule has 0 spiro atoms. The maximum Gasteiger partial charge on any atom is 0.260 e. The molecule has 4 heterocycles. The molecule has 0 atom stereocenters. The average molecular weight is 777 g/mol. The fourth-order valence-electron chi connectivity index (χ4n) is 9.24. The van der Waals surface area contributed by atoms with Crippen LogP contribution in [-0.4, -0.2) is 13.4 Å². The second kappa shape index (κ2) is 14.4. The van der Waals surface area contributed by atoms with Gasteiger partial charge in [0.15, 0.2) is 0 Å². The molecule has 6 heteroatoms. The molecule has 0 unspecified atom stereocenters. The quantitative estimate of drug-likeness (QED) is 0.167. The lowest BCUT2D eigenvalue weighted by atomic mass is 9.35. The van der Waals surface area contributed by atoms with Gasteiger partial charge < -0.3 is 18.9 Å². The van der Waals surface area contributed by atoms with Crippen molar-refractivity contribution >= 4 is 46.2 Å². The first kappa shape index (κ1) is 36.2. The van der Waals surface area contributed by atoms with E-state index in [2.05, 4.69) is 143 Å². The van der Waals surface area contributed by atoms with Crippen LogP contribution >= 0.6 is 0 Å². The molecule has 0 radical (unpaired) electrons. The summed E-state index contributed by atoms with van der Waals surface area (Å²) in [5.41, 5.74) is 14.5. The van der Waals surface area contributed by atoms with E-state index >= 15 is 0 Å². The van der Waals surface area contributed by atoms with Crippen LogP contribution in [-0.2, 0) is 0 Å². The van der Waals surface area contributed by atoms with Crippen LogP contribution in [0.1, 0.15) is 50.7 Å². The van der Waals surface area contributed by atoms with Gasteiger partial charge in [-0.15, -0.1) is 0 Å². The molecule has 12 rings (SSSR count). The molecule has 4 aliphatic heterocycles. The Bertz CT molecular complexity index is 2940. The van der Waals surface area contributed by atoms with E-state index in [0.29, 0.717) is 11.8 Å². The van der Waals surface area contributed by atoms with Gasteiger partial charge >= 0.3 is 0 Å². The van der Waals surface area contributed by atoms with Crippen molar-refractivity contribution in [2.75, 3.05) is 0 Å². The van der Waals surface area contributed by atoms with Gasteiger partial charge in [0.2, 0.25) is 0 Å². The fraction of sp³-hybridized carbons (Fsp3) is 0.111. The lowest BCUT2D eigenvalue weighted by Crippen LogP contribution is -2.57. The van der Waals surface area contributed by atoms with Crippen molar-refractivity contribution in [3.05, 3.63) is 181 Å². The highest BCUT2D eigenvalue weighted by molar-refractivity contribution is 6.99. The SMILES string of the molecule is CC(C)c1ccc(-c2ccc3c(c2)B2c4ccccc4Oc4cccc(c42)O3)cc1.CC(C)c1ccc(-c2ccc3c(c2)Oc2cccc4c2B3c2ccccc2O4)cc1. The van der Waals surface area contributed by atoms with E-state index in [1.807, 2.05) is 54.6 Å². The third kappa shape index (κ3) is 6.09. The zero-order chi connectivity index (χ0) is 40.5. The Morgan fingerprint density at radius 1 is 0.300 bits per heavy atom. The summed E-state index contributed by atoms with van der Waals surface area (Å²) < 4.78 is 25.1. The summed E-state index contributed by atoms with van der Waals surface area (Å²) in [6, 6.07) is 59.6. The van der Waals surface area contributed by atoms with E-state index < -0.39 is 0 Å². The van der Waals surface area contributed by atoms with E-state index in [4.69, 9.17) is 18.9 Å². The minimum Gasteiger partial charge on any atom is -0.458 e. The van der Waals surface area contributed by atoms with Gasteiger partial charge in [0.05, 0.1) is 0 Å². The first-order chi connectivity index (χ1) is 29.4. The van der Waals surface area contributed by atoms with Crippen LogP contribution in [0.2, 0.25) is 0 Å². The van der Waals surface area contributed by atoms with Crippen LogP contribution in [0, 0.1) is 0 Å². The Hall–Kier alpha value is -6.91. The Balaban J connectivity index is 0.000000136. The molecule has 0 saturated carbocycles. The number of fused-ring (bicyclic) bond motifs is 8. The number of para-hydroxylation sites is 2. The van der Waals surface area contributed by atoms with Crippen molar-refractivity contribution in [3.8, 4) is 68.2 Å². The molecule has 8 aromatic carbocycles. The summed E-state index contributed by atoms with van der Waals surface area (Å²) in [5.74, 6) is 8.29. The molecular formula is C54H42B2O4.